The molecule has 9 heteroatoms. The molecule has 0 atom stereocenters. The first-order valence-electron chi connectivity index (χ1n) is 11.6. The summed E-state index contributed by atoms with van der Waals surface area (Å²) in [4.78, 5) is 17.7. The van der Waals surface area contributed by atoms with Crippen LogP contribution in [0.25, 0.3) is 10.2 Å². The highest BCUT2D eigenvalue weighted by Crippen LogP contribution is 2.32. The van der Waals surface area contributed by atoms with Crippen LogP contribution in [0.3, 0.4) is 0 Å². The summed E-state index contributed by atoms with van der Waals surface area (Å²) in [6.07, 6.45) is 1.11. The van der Waals surface area contributed by atoms with E-state index < -0.39 is 0 Å². The highest BCUT2D eigenvalue weighted by atomic mass is 32.2. The molecule has 0 bridgehead atoms. The number of rotatable bonds is 11. The maximum atomic E-state index is 13.0. The van der Waals surface area contributed by atoms with Crippen LogP contribution in [-0.2, 0) is 18.8 Å². The molecule has 34 heavy (non-hydrogen) atoms. The van der Waals surface area contributed by atoms with E-state index in [2.05, 4.69) is 60.0 Å². The van der Waals surface area contributed by atoms with Crippen LogP contribution >= 0.6 is 34.9 Å². The van der Waals surface area contributed by atoms with Crippen molar-refractivity contribution in [3.8, 4) is 0 Å². The lowest BCUT2D eigenvalue weighted by Gasteiger charge is -2.11. The van der Waals surface area contributed by atoms with Gasteiger partial charge in [-0.05, 0) is 51.3 Å². The zero-order valence-corrected chi connectivity index (χ0v) is 22.8. The number of hydrogen-bond donors (Lipinski definition) is 0. The van der Waals surface area contributed by atoms with Crippen molar-refractivity contribution in [2.75, 3.05) is 5.75 Å². The molecule has 0 fully saturated rings. The molecule has 0 unspecified atom stereocenters. The highest BCUT2D eigenvalue weighted by Gasteiger charge is 2.19. The van der Waals surface area contributed by atoms with Crippen molar-refractivity contribution in [3.05, 3.63) is 53.1 Å². The first-order chi connectivity index (χ1) is 16.4. The fraction of sp³-hybridized carbons (Fsp3) is 0.440. The normalized spacial score (nSPS) is 11.7. The van der Waals surface area contributed by atoms with Gasteiger partial charge in [0.2, 0.25) is 0 Å². The van der Waals surface area contributed by atoms with Gasteiger partial charge in [0.1, 0.15) is 5.82 Å². The number of aryl methyl sites for hydroxylation is 1. The van der Waals surface area contributed by atoms with Crippen molar-refractivity contribution < 1.29 is 4.79 Å². The molecule has 3 aromatic heterocycles. The standard InChI is InChI=1S/C25H31N5OS3/c1-6-29-23(15-33-25-26-20-9-7-8-10-22(20)34-25)27-28-24(29)32-14-21(31)19-13-17(4)30(18(19)5)12-11-16(2)3/h7-10,13,16H,6,11-12,14-15H2,1-5H3. The van der Waals surface area contributed by atoms with Crippen molar-refractivity contribution in [1.82, 2.24) is 24.3 Å². The first kappa shape index (κ1) is 25.0. The Hall–Kier alpha value is -2.10. The predicted molar refractivity (Wildman–Crippen MR) is 143 cm³/mol. The van der Waals surface area contributed by atoms with E-state index in [1.165, 1.54) is 16.5 Å². The van der Waals surface area contributed by atoms with E-state index in [1.54, 1.807) is 23.1 Å². The van der Waals surface area contributed by atoms with Crippen LogP contribution in [0.15, 0.2) is 39.8 Å². The highest BCUT2D eigenvalue weighted by molar-refractivity contribution is 8.00. The first-order valence-corrected chi connectivity index (χ1v) is 14.4. The SMILES string of the molecule is CCn1c(CSc2nc3ccccc3s2)nnc1SCC(=O)c1cc(C)n(CCC(C)C)c1C. The van der Waals surface area contributed by atoms with Gasteiger partial charge < -0.3 is 9.13 Å². The number of fused-ring (bicyclic) bond motifs is 1. The fourth-order valence-corrected chi connectivity index (χ4v) is 6.82. The van der Waals surface area contributed by atoms with Crippen LogP contribution in [-0.4, -0.2) is 35.9 Å². The minimum absolute atomic E-state index is 0.143. The molecule has 1 aromatic carbocycles. The predicted octanol–water partition coefficient (Wildman–Crippen LogP) is 6.64. The van der Waals surface area contributed by atoms with Gasteiger partial charge in [-0.15, -0.1) is 21.5 Å². The third-order valence-electron chi connectivity index (χ3n) is 5.85. The van der Waals surface area contributed by atoms with Gasteiger partial charge in [-0.25, -0.2) is 4.98 Å². The lowest BCUT2D eigenvalue weighted by Crippen LogP contribution is -2.09. The van der Waals surface area contributed by atoms with Crippen LogP contribution in [0.1, 0.15) is 54.8 Å². The minimum Gasteiger partial charge on any atom is -0.348 e. The molecule has 3 heterocycles. The number of carbonyl (C=O) groups is 1. The van der Waals surface area contributed by atoms with Gasteiger partial charge in [-0.3, -0.25) is 4.79 Å². The summed E-state index contributed by atoms with van der Waals surface area (Å²) in [7, 11) is 0. The molecule has 0 N–H and O–H groups in total. The van der Waals surface area contributed by atoms with Crippen LogP contribution in [0.5, 0.6) is 0 Å². The van der Waals surface area contributed by atoms with E-state index in [0.29, 0.717) is 17.4 Å². The second-order valence-corrected chi connectivity index (χ2v) is 11.9. The Labute approximate surface area is 213 Å². The van der Waals surface area contributed by atoms with Gasteiger partial charge in [-0.1, -0.05) is 49.5 Å². The minimum atomic E-state index is 0.143. The Morgan fingerprint density at radius 1 is 1.12 bits per heavy atom. The maximum absolute atomic E-state index is 13.0. The quantitative estimate of drug-likeness (QED) is 0.165. The van der Waals surface area contributed by atoms with Crippen LogP contribution in [0.2, 0.25) is 0 Å². The lowest BCUT2D eigenvalue weighted by molar-refractivity contribution is 0.102. The lowest BCUT2D eigenvalue weighted by atomic mass is 10.1. The van der Waals surface area contributed by atoms with Crippen LogP contribution in [0.4, 0.5) is 0 Å². The van der Waals surface area contributed by atoms with Gasteiger partial charge in [-0.2, -0.15) is 0 Å². The number of aromatic nitrogens is 5. The number of ketones is 1. The number of benzene rings is 1. The zero-order valence-electron chi connectivity index (χ0n) is 20.4. The molecule has 0 spiro atoms. The molecular formula is C25H31N5OS3. The van der Waals surface area contributed by atoms with Gasteiger partial charge in [0.15, 0.2) is 15.3 Å². The maximum Gasteiger partial charge on any atom is 0.191 e. The number of Topliss-reactive ketones (excluding diaryl/α,β-unsaturated/α-hetero) is 1. The van der Waals surface area contributed by atoms with Crippen LogP contribution in [0, 0.1) is 19.8 Å². The molecule has 0 radical (unpaired) electrons. The van der Waals surface area contributed by atoms with Crippen molar-refractivity contribution >= 4 is 50.9 Å². The van der Waals surface area contributed by atoms with E-state index in [4.69, 9.17) is 4.98 Å². The van der Waals surface area contributed by atoms with E-state index in [9.17, 15) is 4.79 Å². The fourth-order valence-electron chi connectivity index (χ4n) is 3.91. The van der Waals surface area contributed by atoms with E-state index in [1.807, 2.05) is 24.3 Å². The molecule has 0 aliphatic carbocycles. The Bertz CT molecular complexity index is 1250. The Kier molecular flexibility index (Phi) is 8.16. The Balaban J connectivity index is 1.40. The summed E-state index contributed by atoms with van der Waals surface area (Å²) in [6.45, 7) is 12.4. The summed E-state index contributed by atoms with van der Waals surface area (Å²) in [6, 6.07) is 10.2. The van der Waals surface area contributed by atoms with E-state index in [0.717, 1.165) is 57.3 Å². The van der Waals surface area contributed by atoms with Crippen molar-refractivity contribution in [1.29, 1.82) is 0 Å². The average molecular weight is 514 g/mol. The molecule has 0 aliphatic rings. The van der Waals surface area contributed by atoms with E-state index >= 15 is 0 Å². The number of thiazole rings is 1. The third-order valence-corrected chi connectivity index (χ3v) is 8.99. The number of carbonyl (C=O) groups excluding carboxylic acids is 1. The summed E-state index contributed by atoms with van der Waals surface area (Å²) < 4.78 is 6.60. The summed E-state index contributed by atoms with van der Waals surface area (Å²) in [5, 5.41) is 9.60. The smallest absolute Gasteiger partial charge is 0.191 e. The largest absolute Gasteiger partial charge is 0.348 e. The average Bonchev–Trinajstić information content (AvgIpc) is 3.49. The van der Waals surface area contributed by atoms with Gasteiger partial charge in [0, 0.05) is 30.0 Å². The molecule has 0 aliphatic heterocycles. The van der Waals surface area contributed by atoms with Crippen molar-refractivity contribution in [3.63, 3.8) is 0 Å². The molecule has 4 aromatic rings. The van der Waals surface area contributed by atoms with Gasteiger partial charge in [0.05, 0.1) is 21.7 Å². The number of thioether (sulfide) groups is 2. The summed E-state index contributed by atoms with van der Waals surface area (Å²) >= 11 is 4.85. The monoisotopic (exact) mass is 513 g/mol. The Morgan fingerprint density at radius 3 is 2.65 bits per heavy atom. The summed E-state index contributed by atoms with van der Waals surface area (Å²) in [5.74, 6) is 2.75. The molecule has 0 amide bonds. The van der Waals surface area contributed by atoms with Crippen molar-refractivity contribution in [2.45, 2.75) is 69.4 Å². The zero-order chi connectivity index (χ0) is 24.2. The van der Waals surface area contributed by atoms with Gasteiger partial charge in [0.25, 0.3) is 0 Å². The second kappa shape index (κ2) is 11.1. The van der Waals surface area contributed by atoms with Crippen LogP contribution < -0.4 is 0 Å². The van der Waals surface area contributed by atoms with Gasteiger partial charge >= 0.3 is 0 Å². The molecule has 0 saturated carbocycles. The topological polar surface area (TPSA) is 65.6 Å². The van der Waals surface area contributed by atoms with E-state index in [-0.39, 0.29) is 5.78 Å². The molecule has 0 saturated heterocycles. The third kappa shape index (κ3) is 5.58. The molecular weight excluding hydrogens is 483 g/mol. The molecule has 4 rings (SSSR count). The number of nitrogens with zero attached hydrogens (tertiary/aromatic N) is 5. The Morgan fingerprint density at radius 2 is 1.91 bits per heavy atom. The summed E-state index contributed by atoms with van der Waals surface area (Å²) in [5.41, 5.74) is 4.07. The number of hydrogen-bond acceptors (Lipinski definition) is 7. The van der Waals surface area contributed by atoms with Crippen molar-refractivity contribution in [2.24, 2.45) is 5.92 Å². The number of para-hydroxylation sites is 1. The molecule has 180 valence electrons. The second-order valence-electron chi connectivity index (χ2n) is 8.71. The molecule has 6 nitrogen and oxygen atoms in total.